The van der Waals surface area contributed by atoms with Crippen molar-refractivity contribution in [3.05, 3.63) is 33.4 Å². The minimum atomic E-state index is -0.509. The second-order valence-electron chi connectivity index (χ2n) is 3.06. The Morgan fingerprint density at radius 3 is 2.87 bits per heavy atom. The van der Waals surface area contributed by atoms with Gasteiger partial charge in [0.15, 0.2) is 10.8 Å². The lowest BCUT2D eigenvalue weighted by Crippen LogP contribution is -1.94. The maximum atomic E-state index is 11.5. The first kappa shape index (κ1) is 10.6. The normalized spacial score (nSPS) is 11.7. The van der Waals surface area contributed by atoms with Crippen LogP contribution in [-0.2, 0) is 4.74 Å². The van der Waals surface area contributed by atoms with Gasteiger partial charge in [0.2, 0.25) is 0 Å². The summed E-state index contributed by atoms with van der Waals surface area (Å²) >= 11 is 3.41. The summed E-state index contributed by atoms with van der Waals surface area (Å²) in [6, 6.07) is 5.99. The zero-order valence-electron chi connectivity index (χ0n) is 8.20. The van der Waals surface area contributed by atoms with Gasteiger partial charge in [-0.1, -0.05) is 15.9 Å². The number of carbonyl (C=O) groups excluding carboxylic acids is 1. The van der Waals surface area contributed by atoms with Crippen molar-refractivity contribution in [2.75, 3.05) is 6.61 Å². The molecule has 78 valence electrons. The number of rotatable bonds is 2. The van der Waals surface area contributed by atoms with Gasteiger partial charge >= 0.3 is 5.30 Å². The highest BCUT2D eigenvalue weighted by atomic mass is 79.9. The van der Waals surface area contributed by atoms with E-state index in [-0.39, 0.29) is 5.30 Å². The largest absolute Gasteiger partial charge is 0.554 e. The lowest BCUT2D eigenvalue weighted by Gasteiger charge is -1.88. The van der Waals surface area contributed by atoms with Gasteiger partial charge in [-0.05, 0) is 25.1 Å². The van der Waals surface area contributed by atoms with Crippen LogP contribution in [-0.4, -0.2) is 11.9 Å². The average Bonchev–Trinajstić information content (AvgIpc) is 2.60. The van der Waals surface area contributed by atoms with E-state index in [9.17, 15) is 4.79 Å². The quantitative estimate of drug-likeness (QED) is 0.605. The van der Waals surface area contributed by atoms with E-state index in [0.717, 1.165) is 15.2 Å². The van der Waals surface area contributed by atoms with Crippen LogP contribution in [0.25, 0.3) is 10.8 Å². The highest BCUT2D eigenvalue weighted by Crippen LogP contribution is 2.31. The molecule has 1 aromatic heterocycles. The Kier molecular flexibility index (Phi) is 3.07. The molecule has 0 bridgehead atoms. The summed E-state index contributed by atoms with van der Waals surface area (Å²) < 4.78 is 6.01. The van der Waals surface area contributed by atoms with E-state index < -0.39 is 10.5 Å². The molecule has 0 N–H and O–H groups in total. The van der Waals surface area contributed by atoms with Crippen molar-refractivity contribution in [1.29, 1.82) is 0 Å². The molecule has 2 nitrogen and oxygen atoms in total. The fourth-order valence-electron chi connectivity index (χ4n) is 1.34. The van der Waals surface area contributed by atoms with E-state index in [4.69, 9.17) is 4.74 Å². The van der Waals surface area contributed by atoms with E-state index in [2.05, 4.69) is 15.9 Å². The van der Waals surface area contributed by atoms with Crippen LogP contribution in [0, 0.1) is 0 Å². The average molecular weight is 286 g/mol. The molecule has 0 spiro atoms. The number of thiophene rings is 1. The summed E-state index contributed by atoms with van der Waals surface area (Å²) in [5.74, 6) is 0. The van der Waals surface area contributed by atoms with Crippen molar-refractivity contribution >= 4 is 42.5 Å². The van der Waals surface area contributed by atoms with Gasteiger partial charge in [0.05, 0.1) is 17.1 Å². The third kappa shape index (κ3) is 2.21. The molecule has 2 aromatic rings. The Morgan fingerprint density at radius 1 is 1.40 bits per heavy atom. The molecule has 0 amide bonds. The van der Waals surface area contributed by atoms with Crippen LogP contribution in [0.15, 0.2) is 33.4 Å². The standard InChI is InChI=1S/C11H10BrO2S/c1-2-14-11(13)15-6-8-3-4-10(12)5-9(8)7-15/h3-7H,2H2,1H3/q+1. The number of ether oxygens (including phenoxy) is 1. The molecule has 0 aliphatic heterocycles. The fourth-order valence-corrected chi connectivity index (χ4v) is 3.20. The summed E-state index contributed by atoms with van der Waals surface area (Å²) in [5.41, 5.74) is 0. The van der Waals surface area contributed by atoms with Gasteiger partial charge in [0, 0.05) is 15.2 Å². The summed E-state index contributed by atoms with van der Waals surface area (Å²) in [4.78, 5) is 11.5. The van der Waals surface area contributed by atoms with Gasteiger partial charge in [0.25, 0.3) is 0 Å². The predicted octanol–water partition coefficient (Wildman–Crippen LogP) is 4.36. The lowest BCUT2D eigenvalue weighted by atomic mass is 10.2. The van der Waals surface area contributed by atoms with Gasteiger partial charge in [-0.15, -0.1) is 0 Å². The van der Waals surface area contributed by atoms with E-state index >= 15 is 0 Å². The lowest BCUT2D eigenvalue weighted by molar-refractivity contribution is 0.180. The number of halogens is 1. The first-order valence-electron chi connectivity index (χ1n) is 4.58. The van der Waals surface area contributed by atoms with Gasteiger partial charge in [-0.2, -0.15) is 4.79 Å². The zero-order valence-corrected chi connectivity index (χ0v) is 10.6. The maximum absolute atomic E-state index is 11.5. The second-order valence-corrected chi connectivity index (χ2v) is 5.53. The van der Waals surface area contributed by atoms with E-state index in [0.29, 0.717) is 6.61 Å². The topological polar surface area (TPSA) is 26.3 Å². The number of carbonyl (C=O) groups is 1. The van der Waals surface area contributed by atoms with Crippen LogP contribution in [0.2, 0.25) is 0 Å². The molecule has 0 fully saturated rings. The molecule has 0 saturated heterocycles. The molecule has 0 radical (unpaired) electrons. The van der Waals surface area contributed by atoms with Crippen LogP contribution in [0.3, 0.4) is 0 Å². The van der Waals surface area contributed by atoms with Gasteiger partial charge in [-0.25, -0.2) is 0 Å². The molecule has 15 heavy (non-hydrogen) atoms. The molecule has 1 aromatic carbocycles. The zero-order chi connectivity index (χ0) is 10.8. The summed E-state index contributed by atoms with van der Waals surface area (Å²) in [5, 5.41) is 5.97. The molecule has 1 heterocycles. The van der Waals surface area contributed by atoms with E-state index in [1.165, 1.54) is 0 Å². The number of fused-ring (bicyclic) bond motifs is 1. The van der Waals surface area contributed by atoms with Crippen molar-refractivity contribution in [3.63, 3.8) is 0 Å². The summed E-state index contributed by atoms with van der Waals surface area (Å²) in [6.45, 7) is 2.26. The maximum Gasteiger partial charge on any atom is 0.554 e. The van der Waals surface area contributed by atoms with Crippen molar-refractivity contribution in [2.45, 2.75) is 6.92 Å². The third-order valence-electron chi connectivity index (χ3n) is 2.01. The minimum Gasteiger partial charge on any atom is -0.422 e. The highest BCUT2D eigenvalue weighted by Gasteiger charge is 2.20. The highest BCUT2D eigenvalue weighted by molar-refractivity contribution is 9.10. The second kappa shape index (κ2) is 4.33. The molecule has 0 aliphatic rings. The Balaban J connectivity index is 2.42. The Bertz CT molecular complexity index is 504. The predicted molar refractivity (Wildman–Crippen MR) is 66.5 cm³/mol. The smallest absolute Gasteiger partial charge is 0.422 e. The molecular formula is C11H10BrO2S+. The Morgan fingerprint density at radius 2 is 2.13 bits per heavy atom. The summed E-state index contributed by atoms with van der Waals surface area (Å²) in [6.07, 6.45) is 0. The van der Waals surface area contributed by atoms with Crippen LogP contribution in [0.5, 0.6) is 0 Å². The van der Waals surface area contributed by atoms with Crippen LogP contribution in [0.1, 0.15) is 6.92 Å². The molecule has 1 atom stereocenters. The minimum absolute atomic E-state index is 0.148. The molecule has 0 saturated carbocycles. The number of hydrogen-bond acceptors (Lipinski definition) is 2. The molecule has 2 rings (SSSR count). The summed E-state index contributed by atoms with van der Waals surface area (Å²) in [7, 11) is -0.509. The third-order valence-corrected chi connectivity index (χ3v) is 4.02. The van der Waals surface area contributed by atoms with Crippen molar-refractivity contribution < 1.29 is 9.53 Å². The SMILES string of the molecule is CCOC(=O)[s+]1cc2ccc(Br)cc2c1. The number of hydrogen-bond donors (Lipinski definition) is 0. The van der Waals surface area contributed by atoms with Crippen molar-refractivity contribution in [1.82, 2.24) is 0 Å². The van der Waals surface area contributed by atoms with Gasteiger partial charge in [0.1, 0.15) is 0 Å². The van der Waals surface area contributed by atoms with Gasteiger partial charge < -0.3 is 4.74 Å². The van der Waals surface area contributed by atoms with E-state index in [1.807, 2.05) is 35.9 Å². The van der Waals surface area contributed by atoms with Crippen molar-refractivity contribution in [2.24, 2.45) is 0 Å². The fraction of sp³-hybridized carbons (Fsp3) is 0.182. The Labute approximate surface area is 99.0 Å². The first-order chi connectivity index (χ1) is 7.20. The number of benzene rings is 1. The van der Waals surface area contributed by atoms with Crippen LogP contribution >= 0.6 is 26.4 Å². The van der Waals surface area contributed by atoms with Crippen LogP contribution < -0.4 is 0 Å². The van der Waals surface area contributed by atoms with E-state index in [1.54, 1.807) is 0 Å². The molecule has 0 aliphatic carbocycles. The van der Waals surface area contributed by atoms with Gasteiger partial charge in [-0.3, -0.25) is 0 Å². The van der Waals surface area contributed by atoms with Crippen molar-refractivity contribution in [3.8, 4) is 0 Å². The molecular weight excluding hydrogens is 276 g/mol. The van der Waals surface area contributed by atoms with Crippen LogP contribution in [0.4, 0.5) is 4.79 Å². The Hall–Kier alpha value is -0.870. The molecule has 1 unspecified atom stereocenters. The monoisotopic (exact) mass is 285 g/mol. The first-order valence-corrected chi connectivity index (χ1v) is 6.73. The molecule has 4 heteroatoms.